The molecule has 0 aromatic rings. The molecule has 1 unspecified atom stereocenters. The molecule has 0 amide bonds. The van der Waals surface area contributed by atoms with Crippen molar-refractivity contribution in [2.24, 2.45) is 11.7 Å². The van der Waals surface area contributed by atoms with Crippen LogP contribution in [-0.4, -0.2) is 30.3 Å². The number of ether oxygens (including phenoxy) is 1. The summed E-state index contributed by atoms with van der Waals surface area (Å²) in [5.74, 6) is 3.03. The van der Waals surface area contributed by atoms with E-state index in [1.807, 2.05) is 11.8 Å². The van der Waals surface area contributed by atoms with Gasteiger partial charge in [0, 0.05) is 17.9 Å². The molecular formula is C9H19NOS. The summed E-state index contributed by atoms with van der Waals surface area (Å²) in [6.45, 7) is 6.06. The van der Waals surface area contributed by atoms with Crippen LogP contribution in [-0.2, 0) is 4.74 Å². The minimum Gasteiger partial charge on any atom is -0.381 e. The van der Waals surface area contributed by atoms with Crippen molar-refractivity contribution in [1.82, 2.24) is 0 Å². The summed E-state index contributed by atoms with van der Waals surface area (Å²) >= 11 is 1.95. The topological polar surface area (TPSA) is 35.2 Å². The number of nitrogens with two attached hydrogens (primary N) is 1. The minimum absolute atomic E-state index is 0.0237. The van der Waals surface area contributed by atoms with E-state index in [0.29, 0.717) is 0 Å². The quantitative estimate of drug-likeness (QED) is 0.728. The molecule has 0 aromatic carbocycles. The summed E-state index contributed by atoms with van der Waals surface area (Å²) in [4.78, 5) is 0. The van der Waals surface area contributed by atoms with Crippen molar-refractivity contribution >= 4 is 11.8 Å². The molecule has 0 saturated carbocycles. The smallest absolute Gasteiger partial charge is 0.0503 e. The van der Waals surface area contributed by atoms with Gasteiger partial charge in [-0.25, -0.2) is 0 Å². The Balaban J connectivity index is 2.02. The molecule has 2 nitrogen and oxygen atoms in total. The third kappa shape index (κ3) is 4.33. The van der Waals surface area contributed by atoms with Crippen LogP contribution in [0.15, 0.2) is 0 Å². The SMILES string of the molecule is CC(C)(N)CSCC1CCOC1. The first-order valence-electron chi connectivity index (χ1n) is 4.52. The molecule has 1 aliphatic rings. The summed E-state index contributed by atoms with van der Waals surface area (Å²) < 4.78 is 5.30. The van der Waals surface area contributed by atoms with Crippen LogP contribution in [0.3, 0.4) is 0 Å². The molecular weight excluding hydrogens is 170 g/mol. The third-order valence-corrected chi connectivity index (χ3v) is 3.51. The lowest BCUT2D eigenvalue weighted by Gasteiger charge is -2.18. The van der Waals surface area contributed by atoms with Gasteiger partial charge in [0.05, 0.1) is 6.61 Å². The van der Waals surface area contributed by atoms with Crippen molar-refractivity contribution < 1.29 is 4.74 Å². The van der Waals surface area contributed by atoms with Crippen molar-refractivity contribution in [3.05, 3.63) is 0 Å². The Kier molecular flexibility index (Phi) is 3.87. The number of rotatable bonds is 4. The molecule has 1 aliphatic heterocycles. The van der Waals surface area contributed by atoms with Crippen LogP contribution < -0.4 is 5.73 Å². The van der Waals surface area contributed by atoms with E-state index >= 15 is 0 Å². The van der Waals surface area contributed by atoms with Gasteiger partial charge in [0.2, 0.25) is 0 Å². The van der Waals surface area contributed by atoms with E-state index < -0.39 is 0 Å². The Morgan fingerprint density at radius 1 is 1.58 bits per heavy atom. The predicted molar refractivity (Wildman–Crippen MR) is 54.5 cm³/mol. The molecule has 0 radical (unpaired) electrons. The van der Waals surface area contributed by atoms with Crippen LogP contribution in [0.25, 0.3) is 0 Å². The zero-order valence-corrected chi connectivity index (χ0v) is 8.82. The molecule has 3 heteroatoms. The first-order valence-corrected chi connectivity index (χ1v) is 5.68. The summed E-state index contributed by atoms with van der Waals surface area (Å²) in [7, 11) is 0. The maximum absolute atomic E-state index is 5.87. The average molecular weight is 189 g/mol. The number of hydrogen-bond donors (Lipinski definition) is 1. The fraction of sp³-hybridized carbons (Fsp3) is 1.00. The molecule has 12 heavy (non-hydrogen) atoms. The van der Waals surface area contributed by atoms with Gasteiger partial charge in [-0.3, -0.25) is 0 Å². The molecule has 0 bridgehead atoms. The Hall–Kier alpha value is 0.270. The van der Waals surface area contributed by atoms with Crippen LogP contribution in [0.5, 0.6) is 0 Å². The second-order valence-electron chi connectivity index (χ2n) is 4.23. The van der Waals surface area contributed by atoms with Gasteiger partial charge in [-0.05, 0) is 31.9 Å². The van der Waals surface area contributed by atoms with Gasteiger partial charge in [0.25, 0.3) is 0 Å². The second kappa shape index (κ2) is 4.49. The van der Waals surface area contributed by atoms with Crippen molar-refractivity contribution in [3.8, 4) is 0 Å². The lowest BCUT2D eigenvalue weighted by atomic mass is 10.1. The highest BCUT2D eigenvalue weighted by molar-refractivity contribution is 7.99. The van der Waals surface area contributed by atoms with E-state index in [4.69, 9.17) is 10.5 Å². The standard InChI is InChI=1S/C9H19NOS/c1-9(2,10)7-12-6-8-3-4-11-5-8/h8H,3-7,10H2,1-2H3. The van der Waals surface area contributed by atoms with Gasteiger partial charge in [-0.1, -0.05) is 0 Å². The molecule has 0 spiro atoms. The summed E-state index contributed by atoms with van der Waals surface area (Å²) in [6, 6.07) is 0. The Labute approximate surface area is 79.2 Å². The fourth-order valence-corrected chi connectivity index (χ4v) is 2.44. The van der Waals surface area contributed by atoms with E-state index in [1.165, 1.54) is 12.2 Å². The molecule has 1 atom stereocenters. The van der Waals surface area contributed by atoms with Crippen molar-refractivity contribution in [2.45, 2.75) is 25.8 Å². The molecule has 1 saturated heterocycles. The van der Waals surface area contributed by atoms with Gasteiger partial charge >= 0.3 is 0 Å². The van der Waals surface area contributed by atoms with Crippen LogP contribution >= 0.6 is 11.8 Å². The maximum atomic E-state index is 5.87. The average Bonchev–Trinajstić information content (AvgIpc) is 2.36. The van der Waals surface area contributed by atoms with Gasteiger partial charge in [-0.2, -0.15) is 11.8 Å². The molecule has 0 aliphatic carbocycles. The van der Waals surface area contributed by atoms with E-state index in [1.54, 1.807) is 0 Å². The summed E-state index contributed by atoms with van der Waals surface area (Å²) in [5.41, 5.74) is 5.84. The highest BCUT2D eigenvalue weighted by Gasteiger charge is 2.17. The normalized spacial score (nSPS) is 24.8. The van der Waals surface area contributed by atoms with Gasteiger partial charge in [0.15, 0.2) is 0 Å². The predicted octanol–water partition coefficient (Wildman–Crippen LogP) is 1.49. The highest BCUT2D eigenvalue weighted by atomic mass is 32.2. The van der Waals surface area contributed by atoms with Crippen molar-refractivity contribution in [3.63, 3.8) is 0 Å². The van der Waals surface area contributed by atoms with E-state index in [9.17, 15) is 0 Å². The Morgan fingerprint density at radius 3 is 2.83 bits per heavy atom. The minimum atomic E-state index is -0.0237. The van der Waals surface area contributed by atoms with Crippen LogP contribution in [0.2, 0.25) is 0 Å². The lowest BCUT2D eigenvalue weighted by molar-refractivity contribution is 0.189. The lowest BCUT2D eigenvalue weighted by Crippen LogP contribution is -2.35. The number of thioether (sulfide) groups is 1. The molecule has 72 valence electrons. The summed E-state index contributed by atoms with van der Waals surface area (Å²) in [5, 5.41) is 0. The molecule has 0 aromatic heterocycles. The second-order valence-corrected chi connectivity index (χ2v) is 5.26. The van der Waals surface area contributed by atoms with Gasteiger partial charge < -0.3 is 10.5 Å². The zero-order chi connectivity index (χ0) is 9.03. The summed E-state index contributed by atoms with van der Waals surface area (Å²) in [6.07, 6.45) is 1.23. The van der Waals surface area contributed by atoms with Crippen LogP contribution in [0, 0.1) is 5.92 Å². The fourth-order valence-electron chi connectivity index (χ4n) is 1.20. The Bertz CT molecular complexity index is 127. The maximum Gasteiger partial charge on any atom is 0.0503 e. The van der Waals surface area contributed by atoms with E-state index in [2.05, 4.69) is 13.8 Å². The van der Waals surface area contributed by atoms with E-state index in [0.717, 1.165) is 24.9 Å². The zero-order valence-electron chi connectivity index (χ0n) is 8.01. The molecule has 1 heterocycles. The third-order valence-electron chi connectivity index (χ3n) is 1.85. The van der Waals surface area contributed by atoms with Gasteiger partial charge in [-0.15, -0.1) is 0 Å². The van der Waals surface area contributed by atoms with Gasteiger partial charge in [0.1, 0.15) is 0 Å². The highest BCUT2D eigenvalue weighted by Crippen LogP contribution is 2.20. The van der Waals surface area contributed by atoms with E-state index in [-0.39, 0.29) is 5.54 Å². The van der Waals surface area contributed by atoms with Crippen molar-refractivity contribution in [1.29, 1.82) is 0 Å². The molecule has 2 N–H and O–H groups in total. The molecule has 1 rings (SSSR count). The molecule has 1 fully saturated rings. The van der Waals surface area contributed by atoms with Crippen molar-refractivity contribution in [2.75, 3.05) is 24.7 Å². The Morgan fingerprint density at radius 2 is 2.33 bits per heavy atom. The first kappa shape index (κ1) is 10.4. The van der Waals surface area contributed by atoms with Crippen LogP contribution in [0.4, 0.5) is 0 Å². The first-order chi connectivity index (χ1) is 5.58. The largest absolute Gasteiger partial charge is 0.381 e. The number of hydrogen-bond acceptors (Lipinski definition) is 3. The van der Waals surface area contributed by atoms with Crippen LogP contribution in [0.1, 0.15) is 20.3 Å². The monoisotopic (exact) mass is 189 g/mol.